The van der Waals surface area contributed by atoms with Crippen LogP contribution in [0.3, 0.4) is 0 Å². The summed E-state index contributed by atoms with van der Waals surface area (Å²) in [5, 5.41) is 3.36. The van der Waals surface area contributed by atoms with Crippen LogP contribution in [0.1, 0.15) is 39.9 Å². The van der Waals surface area contributed by atoms with Crippen molar-refractivity contribution in [3.05, 3.63) is 70.3 Å². The topological polar surface area (TPSA) is 85.3 Å². The second-order valence-corrected chi connectivity index (χ2v) is 8.42. The van der Waals surface area contributed by atoms with E-state index in [9.17, 15) is 9.59 Å². The normalized spacial score (nSPS) is 16.0. The number of thiophene rings is 1. The van der Waals surface area contributed by atoms with Gasteiger partial charge in [-0.1, -0.05) is 37.3 Å². The minimum absolute atomic E-state index is 0.322. The fourth-order valence-corrected chi connectivity index (χ4v) is 5.03. The third-order valence-corrected chi connectivity index (χ3v) is 6.25. The fourth-order valence-electron chi connectivity index (χ4n) is 3.61. The molecule has 5 nitrogen and oxygen atoms in total. The van der Waals surface area contributed by atoms with E-state index in [0.29, 0.717) is 22.2 Å². The van der Waals surface area contributed by atoms with Gasteiger partial charge in [0.15, 0.2) is 0 Å². The first-order chi connectivity index (χ1) is 14.0. The van der Waals surface area contributed by atoms with Crippen LogP contribution in [0.25, 0.3) is 17.4 Å². The van der Waals surface area contributed by atoms with Crippen LogP contribution in [0, 0.1) is 5.92 Å². The number of anilines is 1. The quantitative estimate of drug-likeness (QED) is 0.592. The summed E-state index contributed by atoms with van der Waals surface area (Å²) in [6.45, 7) is 2.20. The Labute approximate surface area is 173 Å². The summed E-state index contributed by atoms with van der Waals surface area (Å²) in [6.07, 6.45) is 5.78. The summed E-state index contributed by atoms with van der Waals surface area (Å²) in [4.78, 5) is 25.6. The Bertz CT molecular complexity index is 1080. The van der Waals surface area contributed by atoms with E-state index in [2.05, 4.69) is 12.2 Å². The number of amides is 2. The van der Waals surface area contributed by atoms with Gasteiger partial charge in [0.2, 0.25) is 5.91 Å². The monoisotopic (exact) mass is 406 g/mol. The Morgan fingerprint density at radius 1 is 1.21 bits per heavy atom. The summed E-state index contributed by atoms with van der Waals surface area (Å²) in [5.74, 6) is 1.07. The van der Waals surface area contributed by atoms with E-state index < -0.39 is 5.91 Å². The van der Waals surface area contributed by atoms with E-state index in [4.69, 9.17) is 10.2 Å². The van der Waals surface area contributed by atoms with Gasteiger partial charge in [0.05, 0.1) is 5.56 Å². The Kier molecular flexibility index (Phi) is 5.36. The van der Waals surface area contributed by atoms with Crippen LogP contribution in [0.5, 0.6) is 0 Å². The zero-order valence-corrected chi connectivity index (χ0v) is 16.9. The Hall–Kier alpha value is -3.12. The molecular weight excluding hydrogens is 384 g/mol. The molecule has 1 aliphatic rings. The molecule has 0 bridgehead atoms. The third-order valence-electron chi connectivity index (χ3n) is 5.08. The third kappa shape index (κ3) is 4.17. The first-order valence-electron chi connectivity index (χ1n) is 9.60. The van der Waals surface area contributed by atoms with E-state index in [1.54, 1.807) is 6.08 Å². The first kappa shape index (κ1) is 19.2. The van der Waals surface area contributed by atoms with Gasteiger partial charge < -0.3 is 15.5 Å². The molecule has 2 amide bonds. The number of hydrogen-bond donors (Lipinski definition) is 2. The molecule has 1 aromatic carbocycles. The predicted molar refractivity (Wildman–Crippen MR) is 116 cm³/mol. The summed E-state index contributed by atoms with van der Waals surface area (Å²) >= 11 is 1.46. The number of nitrogens with two attached hydrogens (primary N) is 1. The van der Waals surface area contributed by atoms with Crippen LogP contribution < -0.4 is 11.1 Å². The number of benzene rings is 1. The average Bonchev–Trinajstić information content (AvgIpc) is 3.31. The zero-order chi connectivity index (χ0) is 20.4. The molecule has 0 fully saturated rings. The number of carbonyl (C=O) groups excluding carboxylic acids is 2. The van der Waals surface area contributed by atoms with Gasteiger partial charge in [0.1, 0.15) is 16.5 Å². The number of nitrogens with one attached hydrogen (secondary N) is 1. The first-order valence-corrected chi connectivity index (χ1v) is 10.4. The molecule has 0 saturated heterocycles. The Balaban J connectivity index is 1.49. The molecular formula is C23H22N2O3S. The molecule has 4 rings (SSSR count). The van der Waals surface area contributed by atoms with Crippen LogP contribution in [0.2, 0.25) is 0 Å². The van der Waals surface area contributed by atoms with Gasteiger partial charge in [-0.05, 0) is 49.0 Å². The molecule has 0 saturated carbocycles. The lowest BCUT2D eigenvalue weighted by Gasteiger charge is -2.18. The van der Waals surface area contributed by atoms with E-state index >= 15 is 0 Å². The van der Waals surface area contributed by atoms with Crippen LogP contribution in [-0.2, 0) is 17.6 Å². The molecule has 2 heterocycles. The molecule has 0 unspecified atom stereocenters. The summed E-state index contributed by atoms with van der Waals surface area (Å²) in [6, 6.07) is 13.4. The molecule has 2 aromatic heterocycles. The van der Waals surface area contributed by atoms with Crippen LogP contribution in [0.15, 0.2) is 53.0 Å². The summed E-state index contributed by atoms with van der Waals surface area (Å²) in [5.41, 5.74) is 8.03. The molecule has 6 heteroatoms. The molecule has 148 valence electrons. The number of rotatable bonds is 5. The van der Waals surface area contributed by atoms with Gasteiger partial charge in [0.25, 0.3) is 5.91 Å². The van der Waals surface area contributed by atoms with Gasteiger partial charge in [-0.25, -0.2) is 0 Å². The summed E-state index contributed by atoms with van der Waals surface area (Å²) < 4.78 is 5.77. The Morgan fingerprint density at radius 2 is 2.00 bits per heavy atom. The van der Waals surface area contributed by atoms with Crippen molar-refractivity contribution in [2.24, 2.45) is 11.7 Å². The van der Waals surface area contributed by atoms with Crippen molar-refractivity contribution in [2.45, 2.75) is 26.2 Å². The molecule has 0 aliphatic heterocycles. The Morgan fingerprint density at radius 3 is 2.76 bits per heavy atom. The predicted octanol–water partition coefficient (Wildman–Crippen LogP) is 4.88. The maximum Gasteiger partial charge on any atom is 0.251 e. The molecule has 3 aromatic rings. The maximum absolute atomic E-state index is 12.4. The second kappa shape index (κ2) is 8.09. The van der Waals surface area contributed by atoms with Gasteiger partial charge in [-0.3, -0.25) is 9.59 Å². The molecule has 0 spiro atoms. The highest BCUT2D eigenvalue weighted by Crippen LogP contribution is 2.39. The highest BCUT2D eigenvalue weighted by atomic mass is 32.1. The van der Waals surface area contributed by atoms with Crippen molar-refractivity contribution in [3.8, 4) is 11.3 Å². The lowest BCUT2D eigenvalue weighted by atomic mass is 9.88. The molecule has 0 radical (unpaired) electrons. The second-order valence-electron chi connectivity index (χ2n) is 7.31. The van der Waals surface area contributed by atoms with Crippen molar-refractivity contribution < 1.29 is 14.0 Å². The number of fused-ring (bicyclic) bond motifs is 1. The minimum Gasteiger partial charge on any atom is -0.457 e. The van der Waals surface area contributed by atoms with Crippen LogP contribution in [-0.4, -0.2) is 11.8 Å². The minimum atomic E-state index is -0.491. The largest absolute Gasteiger partial charge is 0.457 e. The van der Waals surface area contributed by atoms with Gasteiger partial charge in [0, 0.05) is 16.5 Å². The average molecular weight is 407 g/mol. The highest BCUT2D eigenvalue weighted by Gasteiger charge is 2.26. The number of hydrogen-bond acceptors (Lipinski definition) is 4. The molecule has 1 atom stereocenters. The fraction of sp³-hybridized carbons (Fsp3) is 0.217. The van der Waals surface area contributed by atoms with Crippen molar-refractivity contribution in [3.63, 3.8) is 0 Å². The van der Waals surface area contributed by atoms with Gasteiger partial charge in [-0.2, -0.15) is 0 Å². The number of carbonyl (C=O) groups is 2. The molecule has 3 N–H and O–H groups in total. The summed E-state index contributed by atoms with van der Waals surface area (Å²) in [7, 11) is 0. The molecule has 29 heavy (non-hydrogen) atoms. The van der Waals surface area contributed by atoms with Gasteiger partial charge in [-0.15, -0.1) is 11.3 Å². The van der Waals surface area contributed by atoms with Crippen LogP contribution in [0.4, 0.5) is 5.00 Å². The zero-order valence-electron chi connectivity index (χ0n) is 16.1. The van der Waals surface area contributed by atoms with E-state index in [1.165, 1.54) is 17.4 Å². The standard InChI is InChI=1S/C23H22N2O3S/c1-14-7-10-17-19(13-14)29-23(21(17)22(24)27)25-20(26)12-9-16-8-11-18(28-16)15-5-3-2-4-6-15/h2-6,8-9,11-12,14H,7,10,13H2,1H3,(H2,24,27)(H,25,26)/b12-9+/t14-/m0/s1. The van der Waals surface area contributed by atoms with E-state index in [0.717, 1.165) is 41.0 Å². The van der Waals surface area contributed by atoms with Gasteiger partial charge >= 0.3 is 0 Å². The van der Waals surface area contributed by atoms with Crippen LogP contribution >= 0.6 is 11.3 Å². The smallest absolute Gasteiger partial charge is 0.251 e. The molecule has 1 aliphatic carbocycles. The lowest BCUT2D eigenvalue weighted by molar-refractivity contribution is -0.111. The number of furan rings is 1. The lowest BCUT2D eigenvalue weighted by Crippen LogP contribution is -2.18. The van der Waals surface area contributed by atoms with E-state index in [-0.39, 0.29) is 5.91 Å². The number of primary amides is 1. The van der Waals surface area contributed by atoms with Crippen molar-refractivity contribution in [1.29, 1.82) is 0 Å². The SMILES string of the molecule is C[C@H]1CCc2c(sc(NC(=O)/C=C/c3ccc(-c4ccccc4)o3)c2C(N)=O)C1. The highest BCUT2D eigenvalue weighted by molar-refractivity contribution is 7.17. The maximum atomic E-state index is 12.4. The van der Waals surface area contributed by atoms with Crippen molar-refractivity contribution in [2.75, 3.05) is 5.32 Å². The van der Waals surface area contributed by atoms with E-state index in [1.807, 2.05) is 42.5 Å². The van der Waals surface area contributed by atoms with Crippen molar-refractivity contribution in [1.82, 2.24) is 0 Å². The van der Waals surface area contributed by atoms with Crippen molar-refractivity contribution >= 4 is 34.2 Å².